The van der Waals surface area contributed by atoms with Gasteiger partial charge in [-0.2, -0.15) is 0 Å². The van der Waals surface area contributed by atoms with Crippen molar-refractivity contribution in [2.45, 2.75) is 19.3 Å². The van der Waals surface area contributed by atoms with E-state index in [0.29, 0.717) is 18.0 Å². The molecule has 0 radical (unpaired) electrons. The number of fused-ring (bicyclic) bond motifs is 1. The molecule has 102 valence electrons. The number of hydrogen-bond donors (Lipinski definition) is 0. The average molecular weight is 289 g/mol. The van der Waals surface area contributed by atoms with Crippen molar-refractivity contribution in [1.82, 2.24) is 9.55 Å². The van der Waals surface area contributed by atoms with E-state index in [4.69, 9.17) is 11.6 Å². The van der Waals surface area contributed by atoms with Gasteiger partial charge in [0, 0.05) is 5.56 Å². The fourth-order valence-electron chi connectivity index (χ4n) is 2.36. The number of halogens is 2. The van der Waals surface area contributed by atoms with E-state index in [-0.39, 0.29) is 5.82 Å². The Morgan fingerprint density at radius 1 is 1.20 bits per heavy atom. The molecule has 1 heterocycles. The normalized spacial score (nSPS) is 11.2. The number of hydrogen-bond acceptors (Lipinski definition) is 1. The number of alkyl halides is 1. The van der Waals surface area contributed by atoms with Crippen LogP contribution in [-0.2, 0) is 12.4 Å². The van der Waals surface area contributed by atoms with Crippen LogP contribution in [0.1, 0.15) is 17.0 Å². The summed E-state index contributed by atoms with van der Waals surface area (Å²) in [5, 5.41) is 0. The Hall–Kier alpha value is -1.87. The Kier molecular flexibility index (Phi) is 3.45. The van der Waals surface area contributed by atoms with E-state index in [1.54, 1.807) is 12.1 Å². The van der Waals surface area contributed by atoms with Gasteiger partial charge in [-0.1, -0.05) is 24.3 Å². The second kappa shape index (κ2) is 5.25. The largest absolute Gasteiger partial charge is 0.322 e. The molecule has 1 aromatic heterocycles. The highest BCUT2D eigenvalue weighted by Crippen LogP contribution is 2.21. The lowest BCUT2D eigenvalue weighted by atomic mass is 10.2. The lowest BCUT2D eigenvalue weighted by Gasteiger charge is -2.09. The number of benzene rings is 2. The maximum Gasteiger partial charge on any atom is 0.128 e. The van der Waals surface area contributed by atoms with Crippen molar-refractivity contribution in [3.05, 3.63) is 65.2 Å². The fourth-order valence-corrected chi connectivity index (χ4v) is 2.56. The molecular formula is C16H14ClFN2. The van der Waals surface area contributed by atoms with E-state index in [9.17, 15) is 4.39 Å². The predicted octanol–water partition coefficient (Wildman–Crippen LogP) is 4.27. The van der Waals surface area contributed by atoms with Crippen molar-refractivity contribution in [1.29, 1.82) is 0 Å². The van der Waals surface area contributed by atoms with Crippen LogP contribution < -0.4 is 0 Å². The molecule has 0 spiro atoms. The fraction of sp³-hybridized carbons (Fsp3) is 0.188. The van der Waals surface area contributed by atoms with Crippen LogP contribution in [-0.4, -0.2) is 9.55 Å². The highest BCUT2D eigenvalue weighted by atomic mass is 35.5. The number of aryl methyl sites for hydroxylation is 1. The zero-order valence-electron chi connectivity index (χ0n) is 11.1. The monoisotopic (exact) mass is 288 g/mol. The van der Waals surface area contributed by atoms with Crippen molar-refractivity contribution in [2.24, 2.45) is 0 Å². The van der Waals surface area contributed by atoms with Gasteiger partial charge in [-0.3, -0.25) is 0 Å². The molecule has 0 aliphatic carbocycles. The Morgan fingerprint density at radius 3 is 2.75 bits per heavy atom. The Balaban J connectivity index is 2.14. The standard InChI is InChI=1S/C16H14ClFN2/c1-11-6-7-14-15(8-11)20(16(9-17)19-14)10-12-4-2-3-5-13(12)18/h2-8H,9-10H2,1H3. The van der Waals surface area contributed by atoms with Crippen LogP contribution in [0.2, 0.25) is 0 Å². The predicted molar refractivity (Wildman–Crippen MR) is 79.5 cm³/mol. The molecule has 0 unspecified atom stereocenters. The van der Waals surface area contributed by atoms with Gasteiger partial charge in [-0.25, -0.2) is 9.37 Å². The third-order valence-electron chi connectivity index (χ3n) is 3.39. The first-order valence-electron chi connectivity index (χ1n) is 6.44. The molecular weight excluding hydrogens is 275 g/mol. The Morgan fingerprint density at radius 2 is 2.00 bits per heavy atom. The van der Waals surface area contributed by atoms with Gasteiger partial charge >= 0.3 is 0 Å². The van der Waals surface area contributed by atoms with E-state index in [0.717, 1.165) is 22.4 Å². The molecule has 3 rings (SSSR count). The molecule has 0 amide bonds. The molecule has 20 heavy (non-hydrogen) atoms. The number of nitrogens with zero attached hydrogens (tertiary/aromatic N) is 2. The van der Waals surface area contributed by atoms with Gasteiger partial charge < -0.3 is 4.57 Å². The van der Waals surface area contributed by atoms with Gasteiger partial charge in [0.05, 0.1) is 23.5 Å². The summed E-state index contributed by atoms with van der Waals surface area (Å²) >= 11 is 5.97. The number of rotatable bonds is 3. The molecule has 2 aromatic carbocycles. The molecule has 0 bridgehead atoms. The zero-order valence-corrected chi connectivity index (χ0v) is 11.9. The van der Waals surface area contributed by atoms with Gasteiger partial charge in [0.25, 0.3) is 0 Å². The maximum absolute atomic E-state index is 13.8. The van der Waals surface area contributed by atoms with Crippen LogP contribution in [0.3, 0.4) is 0 Å². The summed E-state index contributed by atoms with van der Waals surface area (Å²) in [6, 6.07) is 12.8. The molecule has 0 saturated heterocycles. The van der Waals surface area contributed by atoms with Gasteiger partial charge in [0.1, 0.15) is 11.6 Å². The molecule has 0 saturated carbocycles. The minimum Gasteiger partial charge on any atom is -0.322 e. The highest BCUT2D eigenvalue weighted by molar-refractivity contribution is 6.16. The quantitative estimate of drug-likeness (QED) is 0.658. The van der Waals surface area contributed by atoms with E-state index in [1.165, 1.54) is 6.07 Å². The minimum absolute atomic E-state index is 0.206. The van der Waals surface area contributed by atoms with Crippen LogP contribution in [0.15, 0.2) is 42.5 Å². The smallest absolute Gasteiger partial charge is 0.128 e. The summed E-state index contributed by atoms with van der Waals surface area (Å²) < 4.78 is 15.8. The number of aromatic nitrogens is 2. The van der Waals surface area contributed by atoms with Crippen molar-refractivity contribution < 1.29 is 4.39 Å². The summed E-state index contributed by atoms with van der Waals surface area (Å²) in [6.45, 7) is 2.47. The minimum atomic E-state index is -0.206. The van der Waals surface area contributed by atoms with Crippen LogP contribution in [0.5, 0.6) is 0 Å². The van der Waals surface area contributed by atoms with Crippen LogP contribution in [0.4, 0.5) is 4.39 Å². The summed E-state index contributed by atoms with van der Waals surface area (Å²) in [4.78, 5) is 4.51. The Bertz CT molecular complexity index is 764. The molecule has 0 aliphatic rings. The second-order valence-corrected chi connectivity index (χ2v) is 5.10. The molecule has 3 aromatic rings. The first kappa shape index (κ1) is 13.1. The van der Waals surface area contributed by atoms with Crippen LogP contribution in [0, 0.1) is 12.7 Å². The van der Waals surface area contributed by atoms with Crippen molar-refractivity contribution in [3.8, 4) is 0 Å². The third-order valence-corrected chi connectivity index (χ3v) is 3.63. The van der Waals surface area contributed by atoms with Crippen LogP contribution in [0.25, 0.3) is 11.0 Å². The molecule has 4 heteroatoms. The van der Waals surface area contributed by atoms with Gasteiger partial charge in [0.2, 0.25) is 0 Å². The lowest BCUT2D eigenvalue weighted by Crippen LogP contribution is -2.05. The molecule has 2 nitrogen and oxygen atoms in total. The first-order chi connectivity index (χ1) is 9.69. The van der Waals surface area contributed by atoms with Gasteiger partial charge in [0.15, 0.2) is 0 Å². The van der Waals surface area contributed by atoms with E-state index >= 15 is 0 Å². The molecule has 0 aliphatic heterocycles. The van der Waals surface area contributed by atoms with Crippen molar-refractivity contribution in [2.75, 3.05) is 0 Å². The SMILES string of the molecule is Cc1ccc2nc(CCl)n(Cc3ccccc3F)c2c1. The van der Waals surface area contributed by atoms with Crippen molar-refractivity contribution in [3.63, 3.8) is 0 Å². The first-order valence-corrected chi connectivity index (χ1v) is 6.97. The van der Waals surface area contributed by atoms with E-state index in [1.807, 2.05) is 29.7 Å². The van der Waals surface area contributed by atoms with Crippen molar-refractivity contribution >= 4 is 22.6 Å². The average Bonchev–Trinajstić information content (AvgIpc) is 2.79. The highest BCUT2D eigenvalue weighted by Gasteiger charge is 2.12. The van der Waals surface area contributed by atoms with Crippen LogP contribution >= 0.6 is 11.6 Å². The summed E-state index contributed by atoms with van der Waals surface area (Å²) in [5.74, 6) is 0.861. The van der Waals surface area contributed by atoms with Gasteiger partial charge in [-0.05, 0) is 30.7 Å². The third kappa shape index (κ3) is 2.29. The maximum atomic E-state index is 13.8. The molecule has 0 atom stereocenters. The summed E-state index contributed by atoms with van der Waals surface area (Å²) in [7, 11) is 0. The number of imidazole rings is 1. The second-order valence-electron chi connectivity index (χ2n) is 4.83. The molecule has 0 fully saturated rings. The van der Waals surface area contributed by atoms with E-state index in [2.05, 4.69) is 11.1 Å². The zero-order chi connectivity index (χ0) is 14.1. The van der Waals surface area contributed by atoms with E-state index < -0.39 is 0 Å². The Labute approximate surface area is 121 Å². The topological polar surface area (TPSA) is 17.8 Å². The lowest BCUT2D eigenvalue weighted by molar-refractivity contribution is 0.599. The van der Waals surface area contributed by atoms with Gasteiger partial charge in [-0.15, -0.1) is 11.6 Å². The summed E-state index contributed by atoms with van der Waals surface area (Å²) in [5.41, 5.74) is 3.67. The summed E-state index contributed by atoms with van der Waals surface area (Å²) in [6.07, 6.45) is 0. The molecule has 0 N–H and O–H groups in total.